The number of fused-ring (bicyclic) bond motifs is 1. The van der Waals surface area contributed by atoms with Crippen LogP contribution in [-0.4, -0.2) is 60.5 Å². The Morgan fingerprint density at radius 3 is 2.89 bits per heavy atom. The number of aliphatic hydroxyl groups is 1. The second kappa shape index (κ2) is 7.64. The lowest BCUT2D eigenvalue weighted by atomic mass is 9.98. The van der Waals surface area contributed by atoms with Crippen molar-refractivity contribution >= 4 is 17.4 Å². The van der Waals surface area contributed by atoms with Crippen LogP contribution in [0.3, 0.4) is 0 Å². The number of hydrogen-bond donors (Lipinski definition) is 2. The zero-order chi connectivity index (χ0) is 18.8. The van der Waals surface area contributed by atoms with Crippen LogP contribution < -0.4 is 10.2 Å². The molecule has 7 nitrogen and oxygen atoms in total. The number of nitrogens with one attached hydrogen (secondary N) is 1. The smallest absolute Gasteiger partial charge is 0.259 e. The van der Waals surface area contributed by atoms with Crippen LogP contribution in [0.15, 0.2) is 36.5 Å². The van der Waals surface area contributed by atoms with E-state index in [9.17, 15) is 9.90 Å². The maximum absolute atomic E-state index is 12.9. The van der Waals surface area contributed by atoms with Crippen molar-refractivity contribution in [3.05, 3.63) is 53.2 Å². The second-order valence-electron chi connectivity index (χ2n) is 7.01. The van der Waals surface area contributed by atoms with Gasteiger partial charge in [-0.1, -0.05) is 6.07 Å². The van der Waals surface area contributed by atoms with Gasteiger partial charge in [-0.15, -0.1) is 0 Å². The Morgan fingerprint density at radius 1 is 1.26 bits per heavy atom. The SMILES string of the molecule is CN1Cc2cc(NC(=O)c3cccnc3N3CCOCC3)ccc2CC1O. The fourth-order valence-corrected chi connectivity index (χ4v) is 3.58. The largest absolute Gasteiger partial charge is 0.378 e. The third-order valence-electron chi connectivity index (χ3n) is 5.14. The Morgan fingerprint density at radius 2 is 2.07 bits per heavy atom. The van der Waals surface area contributed by atoms with E-state index in [2.05, 4.69) is 15.2 Å². The Bertz CT molecular complexity index is 836. The van der Waals surface area contributed by atoms with E-state index >= 15 is 0 Å². The number of benzene rings is 1. The maximum atomic E-state index is 12.9. The third kappa shape index (κ3) is 3.80. The first-order valence-electron chi connectivity index (χ1n) is 9.21. The summed E-state index contributed by atoms with van der Waals surface area (Å²) in [6.07, 6.45) is 1.86. The maximum Gasteiger partial charge on any atom is 0.259 e. The Labute approximate surface area is 158 Å². The third-order valence-corrected chi connectivity index (χ3v) is 5.14. The molecule has 4 rings (SSSR count). The van der Waals surface area contributed by atoms with Crippen LogP contribution in [0, 0.1) is 0 Å². The molecular formula is C20H24N4O3. The lowest BCUT2D eigenvalue weighted by molar-refractivity contribution is 0.00895. The average Bonchev–Trinajstić information content (AvgIpc) is 2.70. The molecule has 1 amide bonds. The minimum Gasteiger partial charge on any atom is -0.378 e. The highest BCUT2D eigenvalue weighted by Crippen LogP contribution is 2.25. The number of anilines is 2. The van der Waals surface area contributed by atoms with Crippen molar-refractivity contribution < 1.29 is 14.6 Å². The highest BCUT2D eigenvalue weighted by atomic mass is 16.5. The number of rotatable bonds is 3. The molecule has 1 saturated heterocycles. The molecule has 1 fully saturated rings. The van der Waals surface area contributed by atoms with Crippen LogP contribution in [0.1, 0.15) is 21.5 Å². The molecule has 1 unspecified atom stereocenters. The number of ether oxygens (including phenoxy) is 1. The second-order valence-corrected chi connectivity index (χ2v) is 7.01. The van der Waals surface area contributed by atoms with Crippen LogP contribution in [0.5, 0.6) is 0 Å². The molecule has 0 radical (unpaired) electrons. The number of pyridine rings is 1. The quantitative estimate of drug-likeness (QED) is 0.855. The van der Waals surface area contributed by atoms with Gasteiger partial charge in [0.2, 0.25) is 0 Å². The van der Waals surface area contributed by atoms with Gasteiger partial charge in [0.15, 0.2) is 0 Å². The Balaban J connectivity index is 1.54. The van der Waals surface area contributed by atoms with Crippen LogP contribution in [0.2, 0.25) is 0 Å². The number of carbonyl (C=O) groups is 1. The van der Waals surface area contributed by atoms with Crippen molar-refractivity contribution in [1.82, 2.24) is 9.88 Å². The van der Waals surface area contributed by atoms with Crippen molar-refractivity contribution in [1.29, 1.82) is 0 Å². The standard InChI is InChI=1S/C20H24N4O3/c1-23-13-15-11-16(5-4-14(15)12-18(23)25)22-20(26)17-3-2-6-21-19(17)24-7-9-27-10-8-24/h2-6,11,18,25H,7-10,12-13H2,1H3,(H,22,26). The molecular weight excluding hydrogens is 344 g/mol. The number of hydrogen-bond acceptors (Lipinski definition) is 6. The van der Waals surface area contributed by atoms with Crippen molar-refractivity contribution in [2.75, 3.05) is 43.6 Å². The van der Waals surface area contributed by atoms with Crippen molar-refractivity contribution in [3.63, 3.8) is 0 Å². The van der Waals surface area contributed by atoms with E-state index in [1.807, 2.05) is 30.1 Å². The van der Waals surface area contributed by atoms with Crippen LogP contribution in [0.25, 0.3) is 0 Å². The van der Waals surface area contributed by atoms with E-state index < -0.39 is 6.23 Å². The minimum atomic E-state index is -0.454. The number of nitrogens with zero attached hydrogens (tertiary/aromatic N) is 3. The van der Waals surface area contributed by atoms with Crippen LogP contribution in [0.4, 0.5) is 11.5 Å². The van der Waals surface area contributed by atoms with Gasteiger partial charge in [-0.05, 0) is 42.4 Å². The summed E-state index contributed by atoms with van der Waals surface area (Å²) in [5.41, 5.74) is 3.55. The topological polar surface area (TPSA) is 77.9 Å². The molecule has 2 aliphatic rings. The molecule has 1 aromatic carbocycles. The fourth-order valence-electron chi connectivity index (χ4n) is 3.58. The van der Waals surface area contributed by atoms with Crippen LogP contribution in [-0.2, 0) is 17.7 Å². The molecule has 0 saturated carbocycles. The molecule has 1 aromatic heterocycles. The molecule has 142 valence electrons. The highest BCUT2D eigenvalue weighted by molar-refractivity contribution is 6.07. The number of morpholine rings is 1. The molecule has 3 heterocycles. The van der Waals surface area contributed by atoms with Gasteiger partial charge in [0.25, 0.3) is 5.91 Å². The molecule has 27 heavy (non-hydrogen) atoms. The van der Waals surface area contributed by atoms with Gasteiger partial charge in [-0.3, -0.25) is 9.69 Å². The number of amides is 1. The van der Waals surface area contributed by atoms with Gasteiger partial charge in [0.1, 0.15) is 12.0 Å². The summed E-state index contributed by atoms with van der Waals surface area (Å²) < 4.78 is 5.39. The van der Waals surface area contributed by atoms with Crippen LogP contribution >= 0.6 is 0 Å². The first-order chi connectivity index (χ1) is 13.1. The molecule has 0 spiro atoms. The normalized spacial score (nSPS) is 20.2. The summed E-state index contributed by atoms with van der Waals surface area (Å²) >= 11 is 0. The van der Waals surface area contributed by atoms with Gasteiger partial charge < -0.3 is 20.1 Å². The highest BCUT2D eigenvalue weighted by Gasteiger charge is 2.23. The monoisotopic (exact) mass is 368 g/mol. The number of aliphatic hydroxyl groups excluding tert-OH is 1. The summed E-state index contributed by atoms with van der Waals surface area (Å²) in [4.78, 5) is 21.3. The van der Waals surface area contributed by atoms with Crippen molar-refractivity contribution in [2.45, 2.75) is 19.2 Å². The fraction of sp³-hybridized carbons (Fsp3) is 0.400. The van der Waals surface area contributed by atoms with Gasteiger partial charge in [0.05, 0.1) is 18.8 Å². The summed E-state index contributed by atoms with van der Waals surface area (Å²) in [6, 6.07) is 9.44. The van der Waals surface area contributed by atoms with Gasteiger partial charge in [-0.2, -0.15) is 0 Å². The molecule has 7 heteroatoms. The lowest BCUT2D eigenvalue weighted by Gasteiger charge is -2.30. The first-order valence-corrected chi connectivity index (χ1v) is 9.21. The predicted octanol–water partition coefficient (Wildman–Crippen LogP) is 1.48. The van der Waals surface area contributed by atoms with Gasteiger partial charge in [0, 0.05) is 37.9 Å². The minimum absolute atomic E-state index is 0.172. The van der Waals surface area contributed by atoms with Crippen molar-refractivity contribution in [2.24, 2.45) is 0 Å². The molecule has 2 N–H and O–H groups in total. The number of carbonyl (C=O) groups excluding carboxylic acids is 1. The summed E-state index contributed by atoms with van der Waals surface area (Å²) in [5.74, 6) is 0.521. The van der Waals surface area contributed by atoms with E-state index in [-0.39, 0.29) is 5.91 Å². The number of aromatic nitrogens is 1. The Kier molecular flexibility index (Phi) is 5.07. The van der Waals surface area contributed by atoms with E-state index in [4.69, 9.17) is 4.74 Å². The average molecular weight is 368 g/mol. The molecule has 2 aromatic rings. The van der Waals surface area contributed by atoms with Gasteiger partial charge in [-0.25, -0.2) is 4.98 Å². The number of likely N-dealkylation sites (N-methyl/N-ethyl adjacent to an activating group) is 1. The summed E-state index contributed by atoms with van der Waals surface area (Å²) in [6.45, 7) is 3.39. The molecule has 0 bridgehead atoms. The predicted molar refractivity (Wildman–Crippen MR) is 103 cm³/mol. The Hall–Kier alpha value is -2.48. The molecule has 2 aliphatic heterocycles. The first kappa shape index (κ1) is 17.9. The van der Waals surface area contributed by atoms with Crippen molar-refractivity contribution in [3.8, 4) is 0 Å². The summed E-state index contributed by atoms with van der Waals surface area (Å²) in [7, 11) is 1.89. The molecule has 1 atom stereocenters. The van der Waals surface area contributed by atoms with E-state index in [0.29, 0.717) is 37.6 Å². The molecule has 0 aliphatic carbocycles. The summed E-state index contributed by atoms with van der Waals surface area (Å²) in [5, 5.41) is 13.0. The lowest BCUT2D eigenvalue weighted by Crippen LogP contribution is -2.38. The van der Waals surface area contributed by atoms with E-state index in [1.54, 1.807) is 18.3 Å². The van der Waals surface area contributed by atoms with E-state index in [1.165, 1.54) is 0 Å². The van der Waals surface area contributed by atoms with Gasteiger partial charge >= 0.3 is 0 Å². The zero-order valence-electron chi connectivity index (χ0n) is 15.4. The zero-order valence-corrected chi connectivity index (χ0v) is 15.4. The van der Waals surface area contributed by atoms with E-state index in [0.717, 1.165) is 29.9 Å².